The fourth-order valence-corrected chi connectivity index (χ4v) is 4.02. The second-order valence-electron chi connectivity index (χ2n) is 9.16. The number of ether oxygens (including phenoxy) is 2. The van der Waals surface area contributed by atoms with Gasteiger partial charge in [-0.05, 0) is 37.7 Å². The van der Waals surface area contributed by atoms with Gasteiger partial charge in [-0.2, -0.15) is 0 Å². The van der Waals surface area contributed by atoms with Crippen molar-refractivity contribution >= 4 is 0 Å². The smallest absolute Gasteiger partial charge is 0.0805 e. The van der Waals surface area contributed by atoms with Gasteiger partial charge in [0.25, 0.3) is 0 Å². The van der Waals surface area contributed by atoms with E-state index in [1.165, 1.54) is 102 Å². The molecule has 0 aromatic heterocycles. The minimum Gasteiger partial charge on any atom is -0.379 e. The standard InChI is InChI=1S/C29H52O2/c1-3-5-26-31-29(4-2)27-30-25-21-16-14-12-10-8-6-7-9-11-13-15-18-22-28-23-19-17-20-24-28/h17,19-20,23-24,29H,3-16,18,21-22,25-27H2,1-2H3. The van der Waals surface area contributed by atoms with Crippen LogP contribution in [0.1, 0.15) is 122 Å². The van der Waals surface area contributed by atoms with E-state index in [9.17, 15) is 0 Å². The van der Waals surface area contributed by atoms with Crippen LogP contribution in [0.5, 0.6) is 0 Å². The Morgan fingerprint density at radius 1 is 0.613 bits per heavy atom. The van der Waals surface area contributed by atoms with Crippen molar-refractivity contribution in [3.63, 3.8) is 0 Å². The fraction of sp³-hybridized carbons (Fsp3) is 0.793. The third-order valence-corrected chi connectivity index (χ3v) is 6.21. The predicted molar refractivity (Wildman–Crippen MR) is 136 cm³/mol. The van der Waals surface area contributed by atoms with E-state index in [1.807, 2.05) is 0 Å². The van der Waals surface area contributed by atoms with Gasteiger partial charge in [0, 0.05) is 13.2 Å². The van der Waals surface area contributed by atoms with Gasteiger partial charge in [-0.25, -0.2) is 0 Å². The maximum absolute atomic E-state index is 5.85. The lowest BCUT2D eigenvalue weighted by molar-refractivity contribution is -0.0197. The molecule has 2 heteroatoms. The highest BCUT2D eigenvalue weighted by Crippen LogP contribution is 2.14. The Morgan fingerprint density at radius 3 is 1.71 bits per heavy atom. The molecule has 1 aromatic carbocycles. The molecule has 0 aliphatic carbocycles. The van der Waals surface area contributed by atoms with Gasteiger partial charge >= 0.3 is 0 Å². The first kappa shape index (κ1) is 28.2. The van der Waals surface area contributed by atoms with Crippen LogP contribution in [0.3, 0.4) is 0 Å². The second kappa shape index (κ2) is 22.3. The van der Waals surface area contributed by atoms with Crippen molar-refractivity contribution in [1.29, 1.82) is 0 Å². The molecule has 2 nitrogen and oxygen atoms in total. The average molecular weight is 433 g/mol. The number of hydrogen-bond donors (Lipinski definition) is 0. The molecule has 0 radical (unpaired) electrons. The van der Waals surface area contributed by atoms with Crippen molar-refractivity contribution in [3.05, 3.63) is 35.9 Å². The number of rotatable bonds is 23. The summed E-state index contributed by atoms with van der Waals surface area (Å²) >= 11 is 0. The van der Waals surface area contributed by atoms with E-state index in [0.29, 0.717) is 6.10 Å². The van der Waals surface area contributed by atoms with Crippen LogP contribution in [0.15, 0.2) is 30.3 Å². The largest absolute Gasteiger partial charge is 0.379 e. The second-order valence-corrected chi connectivity index (χ2v) is 9.16. The maximum Gasteiger partial charge on any atom is 0.0805 e. The SMILES string of the molecule is CCCCOC(CC)COCCCCCCCCCCCCCCCc1ccccc1. The maximum atomic E-state index is 5.85. The number of aryl methyl sites for hydroxylation is 1. The molecule has 1 rings (SSSR count). The molecular weight excluding hydrogens is 380 g/mol. The molecule has 1 aromatic rings. The zero-order valence-corrected chi connectivity index (χ0v) is 20.9. The van der Waals surface area contributed by atoms with E-state index in [-0.39, 0.29) is 0 Å². The van der Waals surface area contributed by atoms with E-state index in [4.69, 9.17) is 9.47 Å². The molecule has 0 fully saturated rings. The van der Waals surface area contributed by atoms with Gasteiger partial charge in [0.1, 0.15) is 0 Å². The Labute approximate surface area is 194 Å². The highest BCUT2D eigenvalue weighted by atomic mass is 16.5. The molecular formula is C29H52O2. The monoisotopic (exact) mass is 432 g/mol. The summed E-state index contributed by atoms with van der Waals surface area (Å²) in [6.45, 7) is 6.95. The van der Waals surface area contributed by atoms with Crippen LogP contribution < -0.4 is 0 Å². The van der Waals surface area contributed by atoms with Crippen molar-refractivity contribution in [2.75, 3.05) is 19.8 Å². The number of hydrogen-bond acceptors (Lipinski definition) is 2. The van der Waals surface area contributed by atoms with Crippen LogP contribution in [0, 0.1) is 0 Å². The Bertz CT molecular complexity index is 459. The summed E-state index contributed by atoms with van der Waals surface area (Å²) in [6.07, 6.45) is 23.0. The summed E-state index contributed by atoms with van der Waals surface area (Å²) < 4.78 is 11.7. The van der Waals surface area contributed by atoms with Gasteiger partial charge in [0.2, 0.25) is 0 Å². The topological polar surface area (TPSA) is 18.5 Å². The van der Waals surface area contributed by atoms with Crippen LogP contribution in [-0.4, -0.2) is 25.9 Å². The lowest BCUT2D eigenvalue weighted by atomic mass is 10.0. The van der Waals surface area contributed by atoms with Crippen LogP contribution in [0.2, 0.25) is 0 Å². The molecule has 0 saturated heterocycles. The molecule has 0 saturated carbocycles. The number of benzene rings is 1. The van der Waals surface area contributed by atoms with E-state index < -0.39 is 0 Å². The Kier molecular flexibility index (Phi) is 20.3. The predicted octanol–water partition coefficient (Wildman–Crippen LogP) is 8.91. The summed E-state index contributed by atoms with van der Waals surface area (Å²) in [5.41, 5.74) is 1.49. The van der Waals surface area contributed by atoms with Crippen LogP contribution in [0.4, 0.5) is 0 Å². The van der Waals surface area contributed by atoms with Crippen molar-refractivity contribution < 1.29 is 9.47 Å². The van der Waals surface area contributed by atoms with Crippen LogP contribution >= 0.6 is 0 Å². The fourth-order valence-electron chi connectivity index (χ4n) is 4.02. The van der Waals surface area contributed by atoms with Crippen LogP contribution in [-0.2, 0) is 15.9 Å². The van der Waals surface area contributed by atoms with Gasteiger partial charge in [-0.3, -0.25) is 0 Å². The molecule has 180 valence electrons. The third-order valence-electron chi connectivity index (χ3n) is 6.21. The minimum atomic E-state index is 0.292. The molecule has 31 heavy (non-hydrogen) atoms. The first-order valence-corrected chi connectivity index (χ1v) is 13.6. The van der Waals surface area contributed by atoms with Gasteiger partial charge in [0.15, 0.2) is 0 Å². The summed E-state index contributed by atoms with van der Waals surface area (Å²) in [7, 11) is 0. The van der Waals surface area contributed by atoms with Crippen molar-refractivity contribution in [3.8, 4) is 0 Å². The first-order chi connectivity index (χ1) is 15.4. The Balaban J connectivity index is 1.73. The lowest BCUT2D eigenvalue weighted by Gasteiger charge is -2.16. The summed E-state index contributed by atoms with van der Waals surface area (Å²) in [4.78, 5) is 0. The van der Waals surface area contributed by atoms with Gasteiger partial charge in [-0.1, -0.05) is 121 Å². The van der Waals surface area contributed by atoms with Gasteiger partial charge in [0.05, 0.1) is 12.7 Å². The van der Waals surface area contributed by atoms with Crippen molar-refractivity contribution in [2.45, 2.75) is 129 Å². The average Bonchev–Trinajstić information content (AvgIpc) is 2.80. The van der Waals surface area contributed by atoms with E-state index in [2.05, 4.69) is 44.2 Å². The van der Waals surface area contributed by atoms with Crippen molar-refractivity contribution in [1.82, 2.24) is 0 Å². The zero-order chi connectivity index (χ0) is 22.2. The van der Waals surface area contributed by atoms with Crippen LogP contribution in [0.25, 0.3) is 0 Å². The normalized spacial score (nSPS) is 12.3. The van der Waals surface area contributed by atoms with E-state index >= 15 is 0 Å². The Hall–Kier alpha value is -0.860. The molecule has 0 N–H and O–H groups in total. The quantitative estimate of drug-likeness (QED) is 0.161. The first-order valence-electron chi connectivity index (χ1n) is 13.6. The van der Waals surface area contributed by atoms with E-state index in [1.54, 1.807) is 0 Å². The summed E-state index contributed by atoms with van der Waals surface area (Å²) in [5.74, 6) is 0. The molecule has 1 unspecified atom stereocenters. The molecule has 1 atom stereocenters. The van der Waals surface area contributed by atoms with Gasteiger partial charge in [-0.15, -0.1) is 0 Å². The lowest BCUT2D eigenvalue weighted by Crippen LogP contribution is -2.20. The molecule has 0 heterocycles. The van der Waals surface area contributed by atoms with E-state index in [0.717, 1.165) is 32.7 Å². The molecule has 0 aliphatic heterocycles. The molecule has 0 amide bonds. The van der Waals surface area contributed by atoms with Gasteiger partial charge < -0.3 is 9.47 Å². The highest BCUT2D eigenvalue weighted by molar-refractivity contribution is 5.14. The molecule has 0 aliphatic rings. The summed E-state index contributed by atoms with van der Waals surface area (Å²) in [6, 6.07) is 10.9. The molecule has 0 spiro atoms. The summed E-state index contributed by atoms with van der Waals surface area (Å²) in [5, 5.41) is 0. The highest BCUT2D eigenvalue weighted by Gasteiger charge is 2.06. The third kappa shape index (κ3) is 18.4. The van der Waals surface area contributed by atoms with Crippen molar-refractivity contribution in [2.24, 2.45) is 0 Å². The Morgan fingerprint density at radius 2 is 1.16 bits per heavy atom. The minimum absolute atomic E-state index is 0.292. The number of unbranched alkanes of at least 4 members (excludes halogenated alkanes) is 13. The zero-order valence-electron chi connectivity index (χ0n) is 20.9. The molecule has 0 bridgehead atoms.